The monoisotopic (exact) mass is 345 g/mol. The van der Waals surface area contributed by atoms with Crippen molar-refractivity contribution < 1.29 is 9.53 Å². The van der Waals surface area contributed by atoms with Gasteiger partial charge in [0, 0.05) is 44.4 Å². The molecule has 3 heterocycles. The van der Waals surface area contributed by atoms with Crippen LogP contribution in [0.5, 0.6) is 0 Å². The second-order valence-electron chi connectivity index (χ2n) is 7.06. The van der Waals surface area contributed by atoms with Gasteiger partial charge in [0.25, 0.3) is 5.91 Å². The molecule has 0 saturated heterocycles. The lowest BCUT2D eigenvalue weighted by Crippen LogP contribution is -2.39. The van der Waals surface area contributed by atoms with Crippen molar-refractivity contribution in [2.24, 2.45) is 13.0 Å². The molecule has 1 unspecified atom stereocenters. The normalized spacial score (nSPS) is 20.2. The molecule has 0 spiro atoms. The predicted molar refractivity (Wildman–Crippen MR) is 93.3 cm³/mol. The number of fused-ring (bicyclic) bond motifs is 1. The highest BCUT2D eigenvalue weighted by atomic mass is 32.1. The minimum Gasteiger partial charge on any atom is -0.380 e. The molecule has 2 aromatic rings. The number of hydrogen-bond donors (Lipinski definition) is 0. The van der Waals surface area contributed by atoms with Crippen LogP contribution in [-0.2, 0) is 18.3 Å². The summed E-state index contributed by atoms with van der Waals surface area (Å²) in [5.74, 6) is 1.04. The van der Waals surface area contributed by atoms with E-state index in [1.807, 2.05) is 41.2 Å². The molecule has 1 aliphatic heterocycles. The zero-order chi connectivity index (χ0) is 16.7. The van der Waals surface area contributed by atoms with Gasteiger partial charge in [-0.2, -0.15) is 5.10 Å². The molecule has 1 amide bonds. The van der Waals surface area contributed by atoms with E-state index < -0.39 is 0 Å². The maximum Gasteiger partial charge on any atom is 0.264 e. The van der Waals surface area contributed by atoms with E-state index in [0.29, 0.717) is 19.7 Å². The first kappa shape index (κ1) is 15.8. The first-order chi connectivity index (χ1) is 11.6. The van der Waals surface area contributed by atoms with E-state index in [2.05, 4.69) is 5.10 Å². The number of aryl methyl sites for hydroxylation is 2. The number of carbonyl (C=O) groups excluding carboxylic acids is 1. The second-order valence-corrected chi connectivity index (χ2v) is 7.98. The molecular formula is C18H23N3O2S. The van der Waals surface area contributed by atoms with Gasteiger partial charge in [-0.25, -0.2) is 0 Å². The number of nitrogens with zero attached hydrogens (tertiary/aromatic N) is 3. The fraction of sp³-hybridized carbons (Fsp3) is 0.556. The maximum absolute atomic E-state index is 12.8. The third-order valence-electron chi connectivity index (χ3n) is 4.72. The van der Waals surface area contributed by atoms with Crippen LogP contribution in [0, 0.1) is 12.8 Å². The average Bonchev–Trinajstić information content (AvgIpc) is 3.14. The Balaban J connectivity index is 1.51. The standard InChI is InChI=1S/C18H23N3O2S/c1-12-5-16(24-11-12)18(22)21-7-14-6-20(2)19-17(14)15(8-21)10-23-9-13-3-4-13/h5-6,11,13,15H,3-4,7-10H2,1-2H3. The molecule has 5 nitrogen and oxygen atoms in total. The first-order valence-corrected chi connectivity index (χ1v) is 9.42. The van der Waals surface area contributed by atoms with Crippen molar-refractivity contribution in [2.75, 3.05) is 19.8 Å². The summed E-state index contributed by atoms with van der Waals surface area (Å²) in [6, 6.07) is 1.98. The highest BCUT2D eigenvalue weighted by Crippen LogP contribution is 2.32. The van der Waals surface area contributed by atoms with Gasteiger partial charge in [0.2, 0.25) is 0 Å². The molecule has 0 radical (unpaired) electrons. The molecule has 1 saturated carbocycles. The molecule has 2 aliphatic rings. The molecule has 1 aliphatic carbocycles. The van der Waals surface area contributed by atoms with Crippen molar-refractivity contribution in [3.63, 3.8) is 0 Å². The van der Waals surface area contributed by atoms with Crippen molar-refractivity contribution in [2.45, 2.75) is 32.2 Å². The van der Waals surface area contributed by atoms with Gasteiger partial charge < -0.3 is 9.64 Å². The first-order valence-electron chi connectivity index (χ1n) is 8.54. The van der Waals surface area contributed by atoms with Gasteiger partial charge in [0.15, 0.2) is 0 Å². The van der Waals surface area contributed by atoms with Crippen LogP contribution in [0.3, 0.4) is 0 Å². The molecule has 1 atom stereocenters. The van der Waals surface area contributed by atoms with Crippen LogP contribution < -0.4 is 0 Å². The van der Waals surface area contributed by atoms with E-state index in [0.717, 1.165) is 34.2 Å². The number of amides is 1. The van der Waals surface area contributed by atoms with Crippen molar-refractivity contribution in [1.82, 2.24) is 14.7 Å². The van der Waals surface area contributed by atoms with E-state index in [-0.39, 0.29) is 11.8 Å². The van der Waals surface area contributed by atoms with Crippen molar-refractivity contribution >= 4 is 17.2 Å². The van der Waals surface area contributed by atoms with Gasteiger partial charge in [-0.05, 0) is 42.7 Å². The van der Waals surface area contributed by atoms with Gasteiger partial charge in [-0.3, -0.25) is 9.48 Å². The predicted octanol–water partition coefficient (Wildman–Crippen LogP) is 2.96. The highest BCUT2D eigenvalue weighted by molar-refractivity contribution is 7.12. The van der Waals surface area contributed by atoms with E-state index in [9.17, 15) is 4.79 Å². The van der Waals surface area contributed by atoms with Crippen molar-refractivity contribution in [1.29, 1.82) is 0 Å². The Hall–Kier alpha value is -1.66. The number of carbonyl (C=O) groups is 1. The molecule has 0 aromatic carbocycles. The van der Waals surface area contributed by atoms with Gasteiger partial charge in [-0.15, -0.1) is 11.3 Å². The summed E-state index contributed by atoms with van der Waals surface area (Å²) in [4.78, 5) is 15.6. The van der Waals surface area contributed by atoms with Gasteiger partial charge in [-0.1, -0.05) is 0 Å². The molecule has 2 aromatic heterocycles. The Morgan fingerprint density at radius 1 is 1.42 bits per heavy atom. The zero-order valence-corrected chi connectivity index (χ0v) is 15.0. The number of rotatable bonds is 5. The minimum absolute atomic E-state index is 0.120. The van der Waals surface area contributed by atoms with Crippen LogP contribution in [0.1, 0.15) is 45.3 Å². The van der Waals surface area contributed by atoms with Crippen LogP contribution in [0.25, 0.3) is 0 Å². The van der Waals surface area contributed by atoms with Gasteiger partial charge in [0.05, 0.1) is 17.2 Å². The van der Waals surface area contributed by atoms with E-state index in [4.69, 9.17) is 4.74 Å². The Bertz CT molecular complexity index is 747. The van der Waals surface area contributed by atoms with Crippen LogP contribution in [0.2, 0.25) is 0 Å². The van der Waals surface area contributed by atoms with Gasteiger partial charge >= 0.3 is 0 Å². The third kappa shape index (κ3) is 3.26. The number of hydrogen-bond acceptors (Lipinski definition) is 4. The topological polar surface area (TPSA) is 47.4 Å². The SMILES string of the molecule is Cc1csc(C(=O)N2Cc3cn(C)nc3C(COCC3CC3)C2)c1. The lowest BCUT2D eigenvalue weighted by atomic mass is 9.97. The van der Waals surface area contributed by atoms with Crippen LogP contribution in [-0.4, -0.2) is 40.3 Å². The molecule has 0 bridgehead atoms. The Morgan fingerprint density at radius 3 is 2.96 bits per heavy atom. The van der Waals surface area contributed by atoms with Crippen molar-refractivity contribution in [3.8, 4) is 0 Å². The van der Waals surface area contributed by atoms with E-state index >= 15 is 0 Å². The molecular weight excluding hydrogens is 322 g/mol. The van der Waals surface area contributed by atoms with E-state index in [1.165, 1.54) is 24.2 Å². The summed E-state index contributed by atoms with van der Waals surface area (Å²) in [5, 5.41) is 6.65. The molecule has 128 valence electrons. The molecule has 24 heavy (non-hydrogen) atoms. The number of aromatic nitrogens is 2. The van der Waals surface area contributed by atoms with Crippen LogP contribution in [0.4, 0.5) is 0 Å². The Labute approximate surface area is 146 Å². The highest BCUT2D eigenvalue weighted by Gasteiger charge is 2.32. The second kappa shape index (κ2) is 6.33. The summed E-state index contributed by atoms with van der Waals surface area (Å²) >= 11 is 1.53. The van der Waals surface area contributed by atoms with E-state index in [1.54, 1.807) is 0 Å². The summed E-state index contributed by atoms with van der Waals surface area (Å²) in [5.41, 5.74) is 3.39. The fourth-order valence-electron chi connectivity index (χ4n) is 3.29. The number of thiophene rings is 1. The average molecular weight is 345 g/mol. The summed E-state index contributed by atoms with van der Waals surface area (Å²) in [6.07, 6.45) is 4.62. The third-order valence-corrected chi connectivity index (χ3v) is 5.76. The fourth-order valence-corrected chi connectivity index (χ4v) is 4.15. The lowest BCUT2D eigenvalue weighted by Gasteiger charge is -2.31. The molecule has 0 N–H and O–H groups in total. The lowest BCUT2D eigenvalue weighted by molar-refractivity contribution is 0.0630. The number of ether oxygens (including phenoxy) is 1. The van der Waals surface area contributed by atoms with Crippen LogP contribution in [0.15, 0.2) is 17.6 Å². The van der Waals surface area contributed by atoms with Crippen molar-refractivity contribution in [3.05, 3.63) is 39.3 Å². The maximum atomic E-state index is 12.8. The summed E-state index contributed by atoms with van der Waals surface area (Å²) in [7, 11) is 1.94. The van der Waals surface area contributed by atoms with Gasteiger partial charge in [0.1, 0.15) is 0 Å². The quantitative estimate of drug-likeness (QED) is 0.837. The molecule has 1 fully saturated rings. The summed E-state index contributed by atoms with van der Waals surface area (Å²) in [6.45, 7) is 4.84. The smallest absolute Gasteiger partial charge is 0.264 e. The molecule has 6 heteroatoms. The van der Waals surface area contributed by atoms with Crippen LogP contribution >= 0.6 is 11.3 Å². The summed E-state index contributed by atoms with van der Waals surface area (Å²) < 4.78 is 7.77. The minimum atomic E-state index is 0.120. The Morgan fingerprint density at radius 2 is 2.25 bits per heavy atom. The largest absolute Gasteiger partial charge is 0.380 e. The molecule has 4 rings (SSSR count). The zero-order valence-electron chi connectivity index (χ0n) is 14.2. The Kier molecular flexibility index (Phi) is 4.18.